The van der Waals surface area contributed by atoms with Gasteiger partial charge in [0, 0.05) is 7.77 Å². The molecule has 68 valence electrons. The third kappa shape index (κ3) is 0.868. The van der Waals surface area contributed by atoms with Crippen LogP contribution in [-0.4, -0.2) is 11.1 Å². The van der Waals surface area contributed by atoms with Crippen LogP contribution in [0.25, 0.3) is 0 Å². The van der Waals surface area contributed by atoms with E-state index in [-0.39, 0.29) is 22.9 Å². The molecule has 1 aliphatic heterocycles. The molecule has 2 nitrogen and oxygen atoms in total. The average molecular weight is 167 g/mol. The highest BCUT2D eigenvalue weighted by molar-refractivity contribution is 5.14. The molecule has 1 fully saturated rings. The zero-order chi connectivity index (χ0) is 9.91. The van der Waals surface area contributed by atoms with Crippen LogP contribution in [0.2, 0.25) is 0 Å². The van der Waals surface area contributed by atoms with Crippen molar-refractivity contribution in [2.24, 2.45) is 15.6 Å². The summed E-state index contributed by atoms with van der Waals surface area (Å²) in [6.07, 6.45) is 1.92. The maximum atomic E-state index is 8.22. The summed E-state index contributed by atoms with van der Waals surface area (Å²) in [6.45, 7) is 8.58. The van der Waals surface area contributed by atoms with Gasteiger partial charge in [-0.25, -0.2) is 0 Å². The summed E-state index contributed by atoms with van der Waals surface area (Å²) in [7, 11) is 0. The van der Waals surface area contributed by atoms with Crippen LogP contribution >= 0.6 is 0 Å². The van der Waals surface area contributed by atoms with Crippen LogP contribution in [0.5, 0.6) is 0 Å². The minimum atomic E-state index is -0.207. The van der Waals surface area contributed by atoms with Gasteiger partial charge in [0.15, 0.2) is 0 Å². The third-order valence-electron chi connectivity index (χ3n) is 3.32. The SMILES string of the molecule is [2H]C1C2(C)CCC1(C(C)(C)C)N=N2. The van der Waals surface area contributed by atoms with Gasteiger partial charge in [-0.15, -0.1) is 0 Å². The van der Waals surface area contributed by atoms with Gasteiger partial charge in [-0.1, -0.05) is 20.8 Å². The molecular weight excluding hydrogens is 148 g/mol. The highest BCUT2D eigenvalue weighted by Crippen LogP contribution is 2.56. The Kier molecular flexibility index (Phi) is 1.12. The van der Waals surface area contributed by atoms with Gasteiger partial charge in [0.25, 0.3) is 0 Å². The molecule has 1 saturated carbocycles. The predicted molar refractivity (Wildman–Crippen MR) is 49.3 cm³/mol. The summed E-state index contributed by atoms with van der Waals surface area (Å²) in [5, 5.41) is 8.69. The van der Waals surface area contributed by atoms with Gasteiger partial charge in [0.1, 0.15) is 0 Å². The number of azo groups is 1. The van der Waals surface area contributed by atoms with Crippen molar-refractivity contribution < 1.29 is 1.37 Å². The second-order valence-electron chi connectivity index (χ2n) is 5.38. The van der Waals surface area contributed by atoms with Crippen LogP contribution in [-0.2, 0) is 0 Å². The molecule has 0 saturated heterocycles. The summed E-state index contributed by atoms with van der Waals surface area (Å²) >= 11 is 0. The number of hydrogen-bond acceptors (Lipinski definition) is 2. The van der Waals surface area contributed by atoms with Crippen molar-refractivity contribution in [1.29, 1.82) is 0 Å². The summed E-state index contributed by atoms with van der Waals surface area (Å²) in [5.74, 6) is 0. The van der Waals surface area contributed by atoms with Gasteiger partial charge in [-0.3, -0.25) is 0 Å². The molecule has 0 aromatic heterocycles. The lowest BCUT2D eigenvalue weighted by atomic mass is 9.73. The quantitative estimate of drug-likeness (QED) is 0.529. The van der Waals surface area contributed by atoms with Gasteiger partial charge < -0.3 is 0 Å². The van der Waals surface area contributed by atoms with Crippen molar-refractivity contribution in [1.82, 2.24) is 0 Å². The topological polar surface area (TPSA) is 24.7 Å². The number of fused-ring (bicyclic) bond motifs is 2. The molecule has 0 aromatic carbocycles. The highest BCUT2D eigenvalue weighted by atomic mass is 15.3. The molecule has 0 radical (unpaired) electrons. The average Bonchev–Trinajstić information content (AvgIpc) is 2.39. The van der Waals surface area contributed by atoms with Gasteiger partial charge >= 0.3 is 0 Å². The molecule has 2 aliphatic rings. The van der Waals surface area contributed by atoms with E-state index >= 15 is 0 Å². The van der Waals surface area contributed by atoms with E-state index in [0.717, 1.165) is 12.8 Å². The van der Waals surface area contributed by atoms with Crippen LogP contribution in [0.4, 0.5) is 0 Å². The summed E-state index contributed by atoms with van der Waals surface area (Å²) < 4.78 is 8.22. The van der Waals surface area contributed by atoms with E-state index in [4.69, 9.17) is 1.37 Å². The maximum absolute atomic E-state index is 8.22. The molecule has 1 aliphatic carbocycles. The molecule has 12 heavy (non-hydrogen) atoms. The predicted octanol–water partition coefficient (Wildman–Crippen LogP) is 3.18. The maximum Gasteiger partial charge on any atom is 0.0888 e. The largest absolute Gasteiger partial charge is 0.187 e. The molecule has 2 heteroatoms. The Morgan fingerprint density at radius 3 is 2.08 bits per heavy atom. The molecule has 1 heterocycles. The van der Waals surface area contributed by atoms with Crippen LogP contribution in [0.3, 0.4) is 0 Å². The van der Waals surface area contributed by atoms with Gasteiger partial charge in [-0.2, -0.15) is 10.2 Å². The fourth-order valence-electron chi connectivity index (χ4n) is 2.21. The second kappa shape index (κ2) is 1.91. The third-order valence-corrected chi connectivity index (χ3v) is 3.32. The second-order valence-corrected chi connectivity index (χ2v) is 5.38. The molecule has 2 bridgehead atoms. The van der Waals surface area contributed by atoms with Crippen molar-refractivity contribution in [2.45, 2.75) is 58.0 Å². The lowest BCUT2D eigenvalue weighted by Crippen LogP contribution is -2.37. The smallest absolute Gasteiger partial charge is 0.0888 e. The van der Waals surface area contributed by atoms with Crippen molar-refractivity contribution in [3.8, 4) is 0 Å². The van der Waals surface area contributed by atoms with Gasteiger partial charge in [0.05, 0.1) is 11.1 Å². The van der Waals surface area contributed by atoms with Crippen molar-refractivity contribution in [2.75, 3.05) is 0 Å². The van der Waals surface area contributed by atoms with E-state index in [1.807, 2.05) is 0 Å². The molecular formula is C10H18N2. The number of nitrogens with zero attached hydrogens (tertiary/aromatic N) is 2. The standard InChI is InChI=1S/C10H18N2/c1-8(2,3)10-6-5-9(4,7-10)11-12-10/h5-7H2,1-4H3/i7D. The molecule has 0 spiro atoms. The normalized spacial score (nSPS) is 53.0. The Balaban J connectivity index is 2.44. The van der Waals surface area contributed by atoms with E-state index in [0.29, 0.717) is 0 Å². The Bertz CT molecular complexity index is 269. The lowest BCUT2D eigenvalue weighted by molar-refractivity contribution is 0.197. The molecule has 0 amide bonds. The Hall–Kier alpha value is -0.400. The van der Waals surface area contributed by atoms with Crippen molar-refractivity contribution in [3.63, 3.8) is 0 Å². The van der Waals surface area contributed by atoms with Crippen LogP contribution in [0.1, 0.15) is 48.3 Å². The van der Waals surface area contributed by atoms with E-state index in [9.17, 15) is 0 Å². The van der Waals surface area contributed by atoms with E-state index in [2.05, 4.69) is 37.9 Å². The fraction of sp³-hybridized carbons (Fsp3) is 1.00. The minimum Gasteiger partial charge on any atom is -0.187 e. The van der Waals surface area contributed by atoms with E-state index in [1.54, 1.807) is 0 Å². The molecule has 3 atom stereocenters. The van der Waals surface area contributed by atoms with Crippen molar-refractivity contribution in [3.05, 3.63) is 0 Å². The minimum absolute atomic E-state index is 0.0666. The molecule has 3 unspecified atom stereocenters. The highest BCUT2D eigenvalue weighted by Gasteiger charge is 2.56. The Morgan fingerprint density at radius 2 is 1.92 bits per heavy atom. The summed E-state index contributed by atoms with van der Waals surface area (Å²) in [5.41, 5.74) is -0.327. The van der Waals surface area contributed by atoms with Gasteiger partial charge in [-0.05, 0) is 25.2 Å². The first-order valence-electron chi connectivity index (χ1n) is 5.26. The molecule has 0 N–H and O–H groups in total. The first kappa shape index (κ1) is 7.05. The first-order chi connectivity index (χ1) is 5.82. The number of hydrogen-bond donors (Lipinski definition) is 0. The van der Waals surface area contributed by atoms with E-state index < -0.39 is 0 Å². The lowest BCUT2D eigenvalue weighted by Gasteiger charge is -2.35. The van der Waals surface area contributed by atoms with E-state index in [1.165, 1.54) is 0 Å². The van der Waals surface area contributed by atoms with Crippen LogP contribution in [0.15, 0.2) is 10.2 Å². The molecule has 2 rings (SSSR count). The van der Waals surface area contributed by atoms with Crippen LogP contribution < -0.4 is 0 Å². The Labute approximate surface area is 75.9 Å². The zero-order valence-corrected chi connectivity index (χ0v) is 8.39. The summed E-state index contributed by atoms with van der Waals surface area (Å²) in [6, 6.07) is 0. The number of rotatable bonds is 0. The van der Waals surface area contributed by atoms with Crippen LogP contribution in [0, 0.1) is 5.41 Å². The molecule has 0 aromatic rings. The first-order valence-corrected chi connectivity index (χ1v) is 4.68. The monoisotopic (exact) mass is 167 g/mol. The summed E-state index contributed by atoms with van der Waals surface area (Å²) in [4.78, 5) is 0. The fourth-order valence-corrected chi connectivity index (χ4v) is 2.21. The Morgan fingerprint density at radius 1 is 1.25 bits per heavy atom. The van der Waals surface area contributed by atoms with Gasteiger partial charge in [0.2, 0.25) is 0 Å². The van der Waals surface area contributed by atoms with Crippen molar-refractivity contribution >= 4 is 0 Å². The zero-order valence-electron chi connectivity index (χ0n) is 9.39.